The summed E-state index contributed by atoms with van der Waals surface area (Å²) >= 11 is 0. The third-order valence-electron chi connectivity index (χ3n) is 3.88. The molecule has 0 atom stereocenters. The van der Waals surface area contributed by atoms with Crippen LogP contribution in [0, 0.1) is 12.2 Å². The minimum atomic E-state index is 0.628. The fourth-order valence-corrected chi connectivity index (χ4v) is 2.84. The Bertz CT molecular complexity index is 711. The summed E-state index contributed by atoms with van der Waals surface area (Å²) in [6.45, 7) is 4.52. The second-order valence-electron chi connectivity index (χ2n) is 6.03. The maximum Gasteiger partial charge on any atom is 0.174 e. The molecular weight excluding hydrogens is 256 g/mol. The summed E-state index contributed by atoms with van der Waals surface area (Å²) in [4.78, 5) is 7.50. The van der Waals surface area contributed by atoms with Crippen LogP contribution in [-0.4, -0.2) is 9.97 Å². The van der Waals surface area contributed by atoms with Crippen molar-refractivity contribution in [2.45, 2.75) is 33.1 Å². The number of benzene rings is 2. The topological polar surface area (TPSA) is 28.7 Å². The van der Waals surface area contributed by atoms with Crippen LogP contribution in [0.1, 0.15) is 30.5 Å². The molecule has 2 heteroatoms. The summed E-state index contributed by atoms with van der Waals surface area (Å²) in [6.07, 6.45) is 6.09. The molecule has 0 aliphatic heterocycles. The van der Waals surface area contributed by atoms with E-state index in [-0.39, 0.29) is 0 Å². The summed E-state index contributed by atoms with van der Waals surface area (Å²) in [7, 11) is 0. The van der Waals surface area contributed by atoms with E-state index in [4.69, 9.17) is 0 Å². The number of imidazole rings is 1. The number of aromatic amines is 1. The van der Waals surface area contributed by atoms with Crippen molar-refractivity contribution >= 4 is 11.0 Å². The van der Waals surface area contributed by atoms with Crippen LogP contribution in [0.15, 0.2) is 42.5 Å². The van der Waals surface area contributed by atoms with Gasteiger partial charge in [0.2, 0.25) is 0 Å². The fraction of sp³-hybridized carbons (Fsp3) is 0.316. The standard InChI is InChI=1S/C19H21N2/c1-14(2)12-17-16(9-8-15-6-4-3-5-7-15)10-11-18-19(17)21-13-20-18/h3-7,10-11,14H,8-9,12H2,1-2H3,(H,20,21). The van der Waals surface area contributed by atoms with Gasteiger partial charge in [-0.15, -0.1) is 0 Å². The number of fused-ring (bicyclic) bond motifs is 1. The van der Waals surface area contributed by atoms with Crippen LogP contribution in [0.2, 0.25) is 0 Å². The lowest BCUT2D eigenvalue weighted by Crippen LogP contribution is -2.02. The molecule has 0 aliphatic carbocycles. The van der Waals surface area contributed by atoms with Crippen LogP contribution >= 0.6 is 0 Å². The lowest BCUT2D eigenvalue weighted by molar-refractivity contribution is 0.644. The molecule has 0 unspecified atom stereocenters. The van der Waals surface area contributed by atoms with Crippen LogP contribution in [0.25, 0.3) is 11.0 Å². The Labute approximate surface area is 126 Å². The van der Waals surface area contributed by atoms with Gasteiger partial charge in [-0.25, -0.2) is 4.98 Å². The van der Waals surface area contributed by atoms with E-state index in [2.05, 4.69) is 72.6 Å². The Balaban J connectivity index is 1.89. The molecule has 2 nitrogen and oxygen atoms in total. The largest absolute Gasteiger partial charge is 0.335 e. The van der Waals surface area contributed by atoms with Gasteiger partial charge in [0, 0.05) is 0 Å². The van der Waals surface area contributed by atoms with Crippen LogP contribution in [-0.2, 0) is 19.3 Å². The van der Waals surface area contributed by atoms with Crippen LogP contribution in [0.5, 0.6) is 0 Å². The first-order valence-corrected chi connectivity index (χ1v) is 7.64. The molecule has 3 rings (SSSR count). The number of H-pyrrole nitrogens is 1. The third kappa shape index (κ3) is 3.15. The molecule has 0 aliphatic rings. The quantitative estimate of drug-likeness (QED) is 0.738. The van der Waals surface area contributed by atoms with Crippen LogP contribution < -0.4 is 0 Å². The SMILES string of the molecule is CC(C)Cc1c(CCc2ccccc2)ccc2[nH][c]nc12. The summed E-state index contributed by atoms with van der Waals surface area (Å²) in [5.41, 5.74) is 6.38. The molecule has 0 fully saturated rings. The van der Waals surface area contributed by atoms with Crippen molar-refractivity contribution in [3.63, 3.8) is 0 Å². The van der Waals surface area contributed by atoms with Crippen molar-refractivity contribution in [2.24, 2.45) is 5.92 Å². The number of nitrogens with one attached hydrogen (secondary N) is 1. The Morgan fingerprint density at radius 3 is 2.62 bits per heavy atom. The van der Waals surface area contributed by atoms with Crippen molar-refractivity contribution < 1.29 is 0 Å². The summed E-state index contributed by atoms with van der Waals surface area (Å²) in [5, 5.41) is 0. The van der Waals surface area contributed by atoms with Gasteiger partial charge in [0.15, 0.2) is 6.33 Å². The van der Waals surface area contributed by atoms with Crippen LogP contribution in [0.3, 0.4) is 0 Å². The van der Waals surface area contributed by atoms with Crippen molar-refractivity contribution in [3.05, 3.63) is 65.5 Å². The summed E-state index contributed by atoms with van der Waals surface area (Å²) in [5.74, 6) is 0.628. The lowest BCUT2D eigenvalue weighted by atomic mass is 9.93. The normalized spacial score (nSPS) is 11.4. The highest BCUT2D eigenvalue weighted by Gasteiger charge is 2.11. The Morgan fingerprint density at radius 1 is 1.05 bits per heavy atom. The van der Waals surface area contributed by atoms with Gasteiger partial charge < -0.3 is 4.98 Å². The Hall–Kier alpha value is -2.09. The maximum absolute atomic E-state index is 4.41. The Morgan fingerprint density at radius 2 is 1.86 bits per heavy atom. The number of hydrogen-bond acceptors (Lipinski definition) is 1. The van der Waals surface area contributed by atoms with Crippen molar-refractivity contribution in [3.8, 4) is 0 Å². The van der Waals surface area contributed by atoms with Crippen LogP contribution in [0.4, 0.5) is 0 Å². The molecule has 21 heavy (non-hydrogen) atoms. The minimum Gasteiger partial charge on any atom is -0.335 e. The van der Waals surface area contributed by atoms with Gasteiger partial charge in [0.25, 0.3) is 0 Å². The van der Waals surface area contributed by atoms with Gasteiger partial charge in [-0.1, -0.05) is 50.2 Å². The number of hydrogen-bond donors (Lipinski definition) is 1. The number of rotatable bonds is 5. The molecule has 1 N–H and O–H groups in total. The number of aryl methyl sites for hydroxylation is 2. The predicted octanol–water partition coefficient (Wildman–Crippen LogP) is 4.35. The van der Waals surface area contributed by atoms with E-state index in [1.165, 1.54) is 16.7 Å². The van der Waals surface area contributed by atoms with E-state index in [0.717, 1.165) is 30.3 Å². The zero-order chi connectivity index (χ0) is 14.7. The second-order valence-corrected chi connectivity index (χ2v) is 6.03. The first-order valence-electron chi connectivity index (χ1n) is 7.64. The molecule has 0 saturated heterocycles. The summed E-state index contributed by atoms with van der Waals surface area (Å²) < 4.78 is 0. The molecular formula is C19H21N2. The zero-order valence-electron chi connectivity index (χ0n) is 12.7. The van der Waals surface area contributed by atoms with Gasteiger partial charge in [0.05, 0.1) is 11.0 Å². The van der Waals surface area contributed by atoms with E-state index < -0.39 is 0 Å². The third-order valence-corrected chi connectivity index (χ3v) is 3.88. The van der Waals surface area contributed by atoms with Gasteiger partial charge in [-0.2, -0.15) is 0 Å². The monoisotopic (exact) mass is 277 g/mol. The first-order chi connectivity index (χ1) is 10.2. The molecule has 0 saturated carbocycles. The first kappa shape index (κ1) is 13.9. The van der Waals surface area contributed by atoms with E-state index >= 15 is 0 Å². The fourth-order valence-electron chi connectivity index (χ4n) is 2.84. The number of nitrogens with zero attached hydrogens (tertiary/aromatic N) is 1. The molecule has 0 spiro atoms. The van der Waals surface area contributed by atoms with Gasteiger partial charge >= 0.3 is 0 Å². The second kappa shape index (κ2) is 6.13. The van der Waals surface area contributed by atoms with E-state index in [9.17, 15) is 0 Å². The maximum atomic E-state index is 4.41. The molecule has 1 radical (unpaired) electrons. The molecule has 0 amide bonds. The van der Waals surface area contributed by atoms with E-state index in [1.807, 2.05) is 0 Å². The van der Waals surface area contributed by atoms with Crippen molar-refractivity contribution in [1.82, 2.24) is 9.97 Å². The van der Waals surface area contributed by atoms with E-state index in [0.29, 0.717) is 5.92 Å². The predicted molar refractivity (Wildman–Crippen MR) is 87.3 cm³/mol. The van der Waals surface area contributed by atoms with E-state index in [1.54, 1.807) is 0 Å². The molecule has 0 bridgehead atoms. The Kier molecular flexibility index (Phi) is 4.05. The molecule has 2 aromatic carbocycles. The van der Waals surface area contributed by atoms with Gasteiger partial charge in [-0.05, 0) is 47.9 Å². The van der Waals surface area contributed by atoms with Crippen molar-refractivity contribution in [1.29, 1.82) is 0 Å². The molecule has 107 valence electrons. The molecule has 3 aromatic rings. The average Bonchev–Trinajstić information content (AvgIpc) is 2.96. The molecule has 1 heterocycles. The van der Waals surface area contributed by atoms with Gasteiger partial charge in [-0.3, -0.25) is 0 Å². The highest BCUT2D eigenvalue weighted by atomic mass is 14.9. The lowest BCUT2D eigenvalue weighted by Gasteiger charge is -2.12. The zero-order valence-corrected chi connectivity index (χ0v) is 12.7. The number of aromatic nitrogens is 2. The average molecular weight is 277 g/mol. The summed E-state index contributed by atoms with van der Waals surface area (Å²) in [6, 6.07) is 15.1. The highest BCUT2D eigenvalue weighted by molar-refractivity contribution is 5.79. The van der Waals surface area contributed by atoms with Crippen molar-refractivity contribution in [2.75, 3.05) is 0 Å². The molecule has 1 aromatic heterocycles. The smallest absolute Gasteiger partial charge is 0.174 e. The van der Waals surface area contributed by atoms with Gasteiger partial charge in [0.1, 0.15) is 0 Å². The minimum absolute atomic E-state index is 0.628. The highest BCUT2D eigenvalue weighted by Crippen LogP contribution is 2.24.